The van der Waals surface area contributed by atoms with Crippen LogP contribution in [-0.2, 0) is 10.8 Å². The van der Waals surface area contributed by atoms with E-state index in [1.807, 2.05) is 0 Å². The minimum Gasteiger partial charge on any atom is -0.311 e. The Bertz CT molecular complexity index is 2490. The maximum Gasteiger partial charge on any atom is 0.0543 e. The van der Waals surface area contributed by atoms with Crippen molar-refractivity contribution in [2.24, 2.45) is 23.7 Å². The van der Waals surface area contributed by atoms with Crippen molar-refractivity contribution in [1.82, 2.24) is 0 Å². The Kier molecular flexibility index (Phi) is 8.47. The zero-order valence-electron chi connectivity index (χ0n) is 33.8. The monoisotopic (exact) mass is 752 g/mol. The maximum absolute atomic E-state index is 2.52. The third kappa shape index (κ3) is 5.37. The van der Waals surface area contributed by atoms with Gasteiger partial charge in [0.05, 0.1) is 5.69 Å². The van der Waals surface area contributed by atoms with Crippen molar-refractivity contribution in [2.45, 2.75) is 63.2 Å². The Labute approximate surface area is 344 Å². The zero-order chi connectivity index (χ0) is 38.8. The molecule has 4 bridgehead atoms. The Morgan fingerprint density at radius 3 is 1.38 bits per heavy atom. The van der Waals surface area contributed by atoms with Crippen molar-refractivity contribution in [3.05, 3.63) is 204 Å². The Morgan fingerprint density at radius 1 is 0.431 bits per heavy atom. The van der Waals surface area contributed by atoms with Crippen molar-refractivity contribution in [3.63, 3.8) is 0 Å². The van der Waals surface area contributed by atoms with Crippen LogP contribution in [0.4, 0.5) is 34.1 Å². The molecule has 0 aromatic heterocycles. The summed E-state index contributed by atoms with van der Waals surface area (Å²) in [5.41, 5.74) is 15.8. The molecule has 7 aromatic rings. The average Bonchev–Trinajstić information content (AvgIpc) is 3.54. The van der Waals surface area contributed by atoms with Crippen LogP contribution in [0.15, 0.2) is 182 Å². The highest BCUT2D eigenvalue weighted by atomic mass is 15.1. The number of para-hydroxylation sites is 3. The van der Waals surface area contributed by atoms with Crippen molar-refractivity contribution in [1.29, 1.82) is 0 Å². The number of anilines is 6. The summed E-state index contributed by atoms with van der Waals surface area (Å²) in [4.78, 5) is 4.91. The van der Waals surface area contributed by atoms with Crippen LogP contribution >= 0.6 is 0 Å². The Balaban J connectivity index is 1.03. The lowest BCUT2D eigenvalue weighted by atomic mass is 9.42. The number of hydrogen-bond donors (Lipinski definition) is 0. The number of hydrogen-bond acceptors (Lipinski definition) is 2. The molecule has 2 heteroatoms. The molecule has 0 N–H and O–H groups in total. The molecule has 5 aliphatic rings. The van der Waals surface area contributed by atoms with Crippen LogP contribution in [-0.4, -0.2) is 0 Å². The minimum absolute atomic E-state index is 0.00224. The van der Waals surface area contributed by atoms with Crippen LogP contribution in [0.3, 0.4) is 0 Å². The molecular formula is C56H52N2. The molecule has 2 nitrogen and oxygen atoms in total. The van der Waals surface area contributed by atoms with Gasteiger partial charge in [-0.2, -0.15) is 0 Å². The van der Waals surface area contributed by atoms with Crippen LogP contribution in [0.1, 0.15) is 74.6 Å². The van der Waals surface area contributed by atoms with E-state index in [0.29, 0.717) is 11.8 Å². The van der Waals surface area contributed by atoms with Crippen LogP contribution in [0, 0.1) is 23.7 Å². The molecule has 7 aromatic carbocycles. The molecule has 1 unspecified atom stereocenters. The molecule has 0 heterocycles. The Morgan fingerprint density at radius 2 is 0.862 bits per heavy atom. The van der Waals surface area contributed by atoms with Crippen molar-refractivity contribution in [3.8, 4) is 11.1 Å². The molecule has 0 amide bonds. The van der Waals surface area contributed by atoms with Crippen LogP contribution in [0.25, 0.3) is 11.1 Å². The van der Waals surface area contributed by atoms with E-state index in [0.717, 1.165) is 18.3 Å². The van der Waals surface area contributed by atoms with E-state index in [9.17, 15) is 0 Å². The topological polar surface area (TPSA) is 6.48 Å². The summed E-state index contributed by atoms with van der Waals surface area (Å²) >= 11 is 0. The smallest absolute Gasteiger partial charge is 0.0543 e. The van der Waals surface area contributed by atoms with Gasteiger partial charge in [0.25, 0.3) is 0 Å². The third-order valence-corrected chi connectivity index (χ3v) is 15.1. The van der Waals surface area contributed by atoms with Gasteiger partial charge in [-0.05, 0) is 157 Å². The molecule has 0 spiro atoms. The minimum atomic E-state index is -0.0191. The number of nitrogens with zero attached hydrogens (tertiary/aromatic N) is 2. The van der Waals surface area contributed by atoms with Gasteiger partial charge >= 0.3 is 0 Å². The van der Waals surface area contributed by atoms with Gasteiger partial charge in [-0.1, -0.05) is 129 Å². The summed E-state index contributed by atoms with van der Waals surface area (Å²) in [7, 11) is 0. The van der Waals surface area contributed by atoms with Gasteiger partial charge in [0.2, 0.25) is 0 Å². The van der Waals surface area contributed by atoms with Crippen molar-refractivity contribution < 1.29 is 0 Å². The van der Waals surface area contributed by atoms with Gasteiger partial charge in [-0.15, -0.1) is 0 Å². The molecule has 4 fully saturated rings. The van der Waals surface area contributed by atoms with Crippen molar-refractivity contribution >= 4 is 34.1 Å². The molecule has 5 aliphatic carbocycles. The molecule has 12 rings (SSSR count). The fraction of sp³-hybridized carbons (Fsp3) is 0.250. The lowest BCUT2D eigenvalue weighted by Crippen LogP contribution is -2.56. The summed E-state index contributed by atoms with van der Waals surface area (Å²) in [6.45, 7) is 4.77. The molecule has 1 atom stereocenters. The first-order valence-corrected chi connectivity index (χ1v) is 21.8. The summed E-state index contributed by atoms with van der Waals surface area (Å²) in [5, 5.41) is 0. The SMILES string of the molecule is CCC1(C)c2ccccc2-c2c(N(c3ccccc3)c3ccc(C4(c5ccc(N(c6ccccc6)c6ccccc6)cc5)C5CC6CC(C5)CC4C6)cc3)cccc21. The summed E-state index contributed by atoms with van der Waals surface area (Å²) in [6, 6.07) is 68.4. The van der Waals surface area contributed by atoms with Crippen LogP contribution in [0.2, 0.25) is 0 Å². The molecule has 0 saturated heterocycles. The second-order valence-electron chi connectivity index (χ2n) is 17.9. The largest absolute Gasteiger partial charge is 0.311 e. The van der Waals surface area contributed by atoms with Gasteiger partial charge in [-0.3, -0.25) is 0 Å². The maximum atomic E-state index is 2.52. The fourth-order valence-corrected chi connectivity index (χ4v) is 12.6. The van der Waals surface area contributed by atoms with E-state index in [2.05, 4.69) is 206 Å². The number of rotatable bonds is 9. The summed E-state index contributed by atoms with van der Waals surface area (Å²) in [5.74, 6) is 3.08. The van der Waals surface area contributed by atoms with E-state index < -0.39 is 0 Å². The first kappa shape index (κ1) is 35.3. The average molecular weight is 753 g/mol. The highest BCUT2D eigenvalue weighted by Crippen LogP contribution is 2.65. The molecule has 286 valence electrons. The highest BCUT2D eigenvalue weighted by molar-refractivity contribution is 5.95. The van der Waals surface area contributed by atoms with Gasteiger partial charge in [-0.25, -0.2) is 0 Å². The van der Waals surface area contributed by atoms with Gasteiger partial charge in [0.15, 0.2) is 0 Å². The first-order chi connectivity index (χ1) is 28.6. The zero-order valence-corrected chi connectivity index (χ0v) is 33.8. The Hall–Kier alpha value is -5.86. The van der Waals surface area contributed by atoms with Gasteiger partial charge in [0, 0.05) is 44.8 Å². The van der Waals surface area contributed by atoms with E-state index in [1.54, 1.807) is 0 Å². The molecule has 58 heavy (non-hydrogen) atoms. The van der Waals surface area contributed by atoms with E-state index in [4.69, 9.17) is 0 Å². The second-order valence-corrected chi connectivity index (χ2v) is 17.9. The predicted molar refractivity (Wildman–Crippen MR) is 242 cm³/mol. The standard InChI is InChI=1S/C56H52N2/c1-3-55(2)51-23-14-13-22-50(51)54-52(55)24-15-25-53(54)58(47-20-11-6-12-21-47)49-32-28-42(29-33-49)56(43-35-39-34-40(37-43)38-44(56)36-39)41-26-30-48(31-27-41)57(45-16-7-4-8-17-45)46-18-9-5-10-19-46/h4-33,39-40,43-44H,3,34-38H2,1-2H3. The lowest BCUT2D eigenvalue weighted by Gasteiger charge is -2.62. The summed E-state index contributed by atoms with van der Waals surface area (Å²) < 4.78 is 0. The fourth-order valence-electron chi connectivity index (χ4n) is 12.6. The first-order valence-electron chi connectivity index (χ1n) is 21.8. The van der Waals surface area contributed by atoms with Crippen molar-refractivity contribution in [2.75, 3.05) is 9.80 Å². The van der Waals surface area contributed by atoms with Gasteiger partial charge in [0.1, 0.15) is 0 Å². The van der Waals surface area contributed by atoms with Crippen LogP contribution < -0.4 is 9.80 Å². The highest BCUT2D eigenvalue weighted by Gasteiger charge is 2.58. The van der Waals surface area contributed by atoms with E-state index in [-0.39, 0.29) is 10.8 Å². The van der Waals surface area contributed by atoms with E-state index >= 15 is 0 Å². The molecule has 0 radical (unpaired) electrons. The lowest BCUT2D eigenvalue weighted by molar-refractivity contribution is -0.0418. The normalized spacial score (nSPS) is 24.9. The van der Waals surface area contributed by atoms with E-state index in [1.165, 1.54) is 99.6 Å². The molecular weight excluding hydrogens is 701 g/mol. The third-order valence-electron chi connectivity index (χ3n) is 15.1. The summed E-state index contributed by atoms with van der Waals surface area (Å²) in [6.07, 6.45) is 7.89. The number of fused-ring (bicyclic) bond motifs is 3. The molecule has 4 saturated carbocycles. The van der Waals surface area contributed by atoms with Crippen LogP contribution in [0.5, 0.6) is 0 Å². The molecule has 0 aliphatic heterocycles. The number of benzene rings is 7. The quantitative estimate of drug-likeness (QED) is 0.145. The predicted octanol–water partition coefficient (Wildman–Crippen LogP) is 15.1. The van der Waals surface area contributed by atoms with Gasteiger partial charge < -0.3 is 9.80 Å². The second kappa shape index (κ2) is 13.9.